The molecule has 5 heteroatoms. The van der Waals surface area contributed by atoms with Gasteiger partial charge in [-0.2, -0.15) is 0 Å². The molecule has 0 unspecified atom stereocenters. The van der Waals surface area contributed by atoms with Gasteiger partial charge < -0.3 is 19.8 Å². The molecule has 0 aliphatic carbocycles. The number of methoxy groups -OCH3 is 1. The highest BCUT2D eigenvalue weighted by atomic mass is 16.5. The van der Waals surface area contributed by atoms with E-state index in [0.29, 0.717) is 37.2 Å². The SMILES string of the molecule is COc1ccc(C(=O)N2CCC(C)(O)CC2)cc1O. The molecule has 104 valence electrons. The number of phenolic OH excluding ortho intramolecular Hbond substituents is 1. The largest absolute Gasteiger partial charge is 0.504 e. The summed E-state index contributed by atoms with van der Waals surface area (Å²) in [6.45, 7) is 2.84. The molecule has 2 rings (SSSR count). The number of rotatable bonds is 2. The lowest BCUT2D eigenvalue weighted by molar-refractivity contribution is -0.00203. The van der Waals surface area contributed by atoms with E-state index in [0.717, 1.165) is 0 Å². The van der Waals surface area contributed by atoms with Crippen molar-refractivity contribution in [2.45, 2.75) is 25.4 Å². The zero-order valence-electron chi connectivity index (χ0n) is 11.2. The third-order valence-corrected chi connectivity index (χ3v) is 3.55. The highest BCUT2D eigenvalue weighted by Crippen LogP contribution is 2.28. The lowest BCUT2D eigenvalue weighted by atomic mass is 9.93. The predicted molar refractivity (Wildman–Crippen MR) is 70.4 cm³/mol. The summed E-state index contributed by atoms with van der Waals surface area (Å²) in [6, 6.07) is 4.62. The van der Waals surface area contributed by atoms with Gasteiger partial charge in [0.05, 0.1) is 12.7 Å². The van der Waals surface area contributed by atoms with Gasteiger partial charge in [-0.25, -0.2) is 0 Å². The molecular formula is C14H19NO4. The van der Waals surface area contributed by atoms with Crippen LogP contribution in [-0.2, 0) is 0 Å². The van der Waals surface area contributed by atoms with Crippen molar-refractivity contribution in [1.29, 1.82) is 0 Å². The maximum atomic E-state index is 12.3. The molecule has 5 nitrogen and oxygen atoms in total. The van der Waals surface area contributed by atoms with E-state index in [4.69, 9.17) is 4.74 Å². The van der Waals surface area contributed by atoms with E-state index in [9.17, 15) is 15.0 Å². The Morgan fingerprint density at radius 1 is 1.37 bits per heavy atom. The molecule has 19 heavy (non-hydrogen) atoms. The van der Waals surface area contributed by atoms with Crippen molar-refractivity contribution in [1.82, 2.24) is 4.90 Å². The standard InChI is InChI=1S/C14H19NO4/c1-14(18)5-7-15(8-6-14)13(17)10-3-4-12(19-2)11(16)9-10/h3-4,9,16,18H,5-8H2,1-2H3. The van der Waals surface area contributed by atoms with Crippen LogP contribution in [0.1, 0.15) is 30.1 Å². The Hall–Kier alpha value is -1.75. The first-order valence-electron chi connectivity index (χ1n) is 6.31. The van der Waals surface area contributed by atoms with Crippen LogP contribution in [0.5, 0.6) is 11.5 Å². The number of nitrogens with zero attached hydrogens (tertiary/aromatic N) is 1. The number of aromatic hydroxyl groups is 1. The molecule has 1 aliphatic rings. The normalized spacial score (nSPS) is 18.2. The Morgan fingerprint density at radius 2 is 2.00 bits per heavy atom. The van der Waals surface area contributed by atoms with E-state index >= 15 is 0 Å². The van der Waals surface area contributed by atoms with Crippen LogP contribution < -0.4 is 4.74 Å². The molecule has 1 amide bonds. The van der Waals surface area contributed by atoms with Crippen molar-refractivity contribution in [3.8, 4) is 11.5 Å². The van der Waals surface area contributed by atoms with Gasteiger partial charge >= 0.3 is 0 Å². The van der Waals surface area contributed by atoms with Gasteiger partial charge in [0.1, 0.15) is 0 Å². The number of piperidine rings is 1. The van der Waals surface area contributed by atoms with E-state index in [2.05, 4.69) is 0 Å². The summed E-state index contributed by atoms with van der Waals surface area (Å²) < 4.78 is 4.94. The van der Waals surface area contributed by atoms with Crippen LogP contribution in [0.2, 0.25) is 0 Å². The van der Waals surface area contributed by atoms with Gasteiger partial charge in [-0.15, -0.1) is 0 Å². The molecular weight excluding hydrogens is 246 g/mol. The summed E-state index contributed by atoms with van der Waals surface area (Å²) >= 11 is 0. The minimum absolute atomic E-state index is 0.0441. The van der Waals surface area contributed by atoms with Crippen LogP contribution in [0.3, 0.4) is 0 Å². The molecule has 1 aromatic rings. The van der Waals surface area contributed by atoms with Crippen LogP contribution in [-0.4, -0.2) is 46.8 Å². The monoisotopic (exact) mass is 265 g/mol. The van der Waals surface area contributed by atoms with Crippen molar-refractivity contribution < 1.29 is 19.7 Å². The maximum Gasteiger partial charge on any atom is 0.253 e. The summed E-state index contributed by atoms with van der Waals surface area (Å²) in [6.07, 6.45) is 1.14. The van der Waals surface area contributed by atoms with Gasteiger partial charge in [0.15, 0.2) is 11.5 Å². The highest BCUT2D eigenvalue weighted by Gasteiger charge is 2.30. The molecule has 0 spiro atoms. The molecule has 0 radical (unpaired) electrons. The topological polar surface area (TPSA) is 70.0 Å². The first-order valence-corrected chi connectivity index (χ1v) is 6.31. The molecule has 1 heterocycles. The average Bonchev–Trinajstić information content (AvgIpc) is 2.38. The highest BCUT2D eigenvalue weighted by molar-refractivity contribution is 5.95. The number of aliphatic hydroxyl groups is 1. The van der Waals surface area contributed by atoms with Crippen LogP contribution in [0.15, 0.2) is 18.2 Å². The molecule has 2 N–H and O–H groups in total. The van der Waals surface area contributed by atoms with Gasteiger partial charge in [-0.05, 0) is 38.0 Å². The number of hydrogen-bond donors (Lipinski definition) is 2. The van der Waals surface area contributed by atoms with E-state index in [1.807, 2.05) is 0 Å². The number of carbonyl (C=O) groups is 1. The summed E-state index contributed by atoms with van der Waals surface area (Å²) in [4.78, 5) is 13.9. The lowest BCUT2D eigenvalue weighted by Gasteiger charge is -2.35. The van der Waals surface area contributed by atoms with Gasteiger partial charge in [0, 0.05) is 18.7 Å². The Labute approximate surface area is 112 Å². The predicted octanol–water partition coefficient (Wildman–Crippen LogP) is 1.39. The van der Waals surface area contributed by atoms with Crippen molar-refractivity contribution in [3.05, 3.63) is 23.8 Å². The number of benzene rings is 1. The summed E-state index contributed by atoms with van der Waals surface area (Å²) in [5.41, 5.74) is -0.251. The number of likely N-dealkylation sites (tertiary alicyclic amines) is 1. The van der Waals surface area contributed by atoms with E-state index in [1.165, 1.54) is 13.2 Å². The molecule has 1 aliphatic heterocycles. The first-order chi connectivity index (χ1) is 8.93. The molecule has 1 saturated heterocycles. The molecule has 0 saturated carbocycles. The number of ether oxygens (including phenoxy) is 1. The number of phenols is 1. The fourth-order valence-electron chi connectivity index (χ4n) is 2.20. The number of amides is 1. The minimum atomic E-state index is -0.682. The fraction of sp³-hybridized carbons (Fsp3) is 0.500. The quantitative estimate of drug-likeness (QED) is 0.847. The molecule has 1 fully saturated rings. The Morgan fingerprint density at radius 3 is 2.53 bits per heavy atom. The van der Waals surface area contributed by atoms with Gasteiger partial charge in [-0.3, -0.25) is 4.79 Å². The van der Waals surface area contributed by atoms with Crippen LogP contribution in [0.25, 0.3) is 0 Å². The molecule has 0 aromatic heterocycles. The lowest BCUT2D eigenvalue weighted by Crippen LogP contribution is -2.45. The first kappa shape index (κ1) is 13.7. The average molecular weight is 265 g/mol. The second-order valence-electron chi connectivity index (χ2n) is 5.18. The van der Waals surface area contributed by atoms with Crippen LogP contribution in [0.4, 0.5) is 0 Å². The second kappa shape index (κ2) is 5.09. The van der Waals surface area contributed by atoms with Crippen LogP contribution in [0, 0.1) is 0 Å². The summed E-state index contributed by atoms with van der Waals surface area (Å²) in [5.74, 6) is 0.170. The maximum absolute atomic E-state index is 12.3. The van der Waals surface area contributed by atoms with Gasteiger partial charge in [0.2, 0.25) is 0 Å². The number of hydrogen-bond acceptors (Lipinski definition) is 4. The number of carbonyl (C=O) groups excluding carboxylic acids is 1. The van der Waals surface area contributed by atoms with E-state index < -0.39 is 5.60 Å². The third-order valence-electron chi connectivity index (χ3n) is 3.55. The third kappa shape index (κ3) is 2.98. The molecule has 1 aromatic carbocycles. The van der Waals surface area contributed by atoms with Crippen molar-refractivity contribution in [2.75, 3.05) is 20.2 Å². The Bertz CT molecular complexity index is 474. The molecule has 0 bridgehead atoms. The van der Waals surface area contributed by atoms with Crippen molar-refractivity contribution in [3.63, 3.8) is 0 Å². The van der Waals surface area contributed by atoms with Crippen molar-refractivity contribution >= 4 is 5.91 Å². The Kier molecular flexibility index (Phi) is 3.66. The van der Waals surface area contributed by atoms with E-state index in [1.54, 1.807) is 24.0 Å². The van der Waals surface area contributed by atoms with Crippen molar-refractivity contribution in [2.24, 2.45) is 0 Å². The summed E-state index contributed by atoms with van der Waals surface area (Å²) in [7, 11) is 1.46. The van der Waals surface area contributed by atoms with Crippen LogP contribution >= 0.6 is 0 Å². The smallest absolute Gasteiger partial charge is 0.253 e. The second-order valence-corrected chi connectivity index (χ2v) is 5.18. The van der Waals surface area contributed by atoms with E-state index in [-0.39, 0.29) is 11.7 Å². The fourth-order valence-corrected chi connectivity index (χ4v) is 2.20. The van der Waals surface area contributed by atoms with Gasteiger partial charge in [-0.1, -0.05) is 0 Å². The summed E-state index contributed by atoms with van der Waals surface area (Å²) in [5, 5.41) is 19.5. The molecule has 0 atom stereocenters. The zero-order chi connectivity index (χ0) is 14.0. The Balaban J connectivity index is 2.10. The zero-order valence-corrected chi connectivity index (χ0v) is 11.2. The minimum Gasteiger partial charge on any atom is -0.504 e. The van der Waals surface area contributed by atoms with Gasteiger partial charge in [0.25, 0.3) is 5.91 Å².